The lowest BCUT2D eigenvalue weighted by Gasteiger charge is -2.57. The maximum absolute atomic E-state index is 12.0. The first-order chi connectivity index (χ1) is 10.7. The van der Waals surface area contributed by atoms with Crippen molar-refractivity contribution in [1.29, 1.82) is 0 Å². The summed E-state index contributed by atoms with van der Waals surface area (Å²) in [5.74, 6) is 0.795. The first-order valence-corrected chi connectivity index (χ1v) is 9.14. The minimum absolute atomic E-state index is 0.0843. The van der Waals surface area contributed by atoms with Crippen LogP contribution in [0.1, 0.15) is 45.4 Å². The van der Waals surface area contributed by atoms with Crippen LogP contribution in [0.25, 0.3) is 0 Å². The van der Waals surface area contributed by atoms with Crippen LogP contribution in [0.15, 0.2) is 0 Å². The summed E-state index contributed by atoms with van der Waals surface area (Å²) in [6.45, 7) is 7.13. The number of ether oxygens (including phenoxy) is 1. The second-order valence-electron chi connectivity index (χ2n) is 7.74. The number of carbonyl (C=O) groups is 1. The Kier molecular flexibility index (Phi) is 3.81. The van der Waals surface area contributed by atoms with Crippen LogP contribution >= 0.6 is 0 Å². The van der Waals surface area contributed by atoms with Crippen molar-refractivity contribution in [1.82, 2.24) is 15.1 Å². The van der Waals surface area contributed by atoms with Crippen molar-refractivity contribution in [3.05, 3.63) is 0 Å². The summed E-state index contributed by atoms with van der Waals surface area (Å²) in [6.07, 6.45) is 7.51. The highest BCUT2D eigenvalue weighted by Gasteiger charge is 2.49. The van der Waals surface area contributed by atoms with Crippen molar-refractivity contribution in [2.45, 2.75) is 63.1 Å². The first kappa shape index (κ1) is 14.8. The van der Waals surface area contributed by atoms with Gasteiger partial charge < -0.3 is 15.0 Å². The Labute approximate surface area is 133 Å². The van der Waals surface area contributed by atoms with Gasteiger partial charge in [0, 0.05) is 37.8 Å². The molecule has 5 nitrogen and oxygen atoms in total. The van der Waals surface area contributed by atoms with Crippen LogP contribution in [0.4, 0.5) is 4.79 Å². The Balaban J connectivity index is 1.27. The SMILES string of the molecule is CCC12CCC(CN1)C(N1CC(OC(=O)N3CCCC3)C1)C2. The van der Waals surface area contributed by atoms with E-state index in [0.717, 1.165) is 44.9 Å². The van der Waals surface area contributed by atoms with E-state index in [1.807, 2.05) is 4.90 Å². The minimum Gasteiger partial charge on any atom is -0.443 e. The molecule has 0 aromatic heterocycles. The third kappa shape index (κ3) is 2.52. The molecule has 1 amide bonds. The van der Waals surface area contributed by atoms with Gasteiger partial charge in [0.1, 0.15) is 6.10 Å². The third-order valence-electron chi connectivity index (χ3n) is 6.53. The zero-order chi connectivity index (χ0) is 15.2. The molecule has 1 saturated carbocycles. The molecular formula is C17H29N3O2. The summed E-state index contributed by atoms with van der Waals surface area (Å²) in [6, 6.07) is 0.705. The van der Waals surface area contributed by atoms with E-state index >= 15 is 0 Å². The first-order valence-electron chi connectivity index (χ1n) is 9.14. The normalized spacial score (nSPS) is 39.0. The number of amides is 1. The molecule has 1 aliphatic carbocycles. The zero-order valence-electron chi connectivity index (χ0n) is 13.7. The predicted molar refractivity (Wildman–Crippen MR) is 84.8 cm³/mol. The molecule has 5 fully saturated rings. The van der Waals surface area contributed by atoms with E-state index in [9.17, 15) is 4.79 Å². The third-order valence-corrected chi connectivity index (χ3v) is 6.53. The van der Waals surface area contributed by atoms with Crippen LogP contribution in [0.5, 0.6) is 0 Å². The summed E-state index contributed by atoms with van der Waals surface area (Å²) in [5, 5.41) is 3.78. The Bertz CT molecular complexity index is 422. The second kappa shape index (κ2) is 5.68. The Hall–Kier alpha value is -0.810. The zero-order valence-corrected chi connectivity index (χ0v) is 13.7. The number of hydrogen-bond acceptors (Lipinski definition) is 4. The van der Waals surface area contributed by atoms with Gasteiger partial charge in [-0.1, -0.05) is 6.92 Å². The van der Waals surface area contributed by atoms with Crippen LogP contribution in [0, 0.1) is 5.92 Å². The summed E-state index contributed by atoms with van der Waals surface area (Å²) >= 11 is 0. The molecule has 0 aromatic carbocycles. The van der Waals surface area contributed by atoms with Crippen LogP contribution in [-0.4, -0.2) is 66.3 Å². The van der Waals surface area contributed by atoms with Gasteiger partial charge >= 0.3 is 6.09 Å². The molecule has 4 heterocycles. The number of carbonyl (C=O) groups excluding carboxylic acids is 1. The minimum atomic E-state index is -0.0843. The van der Waals surface area contributed by atoms with Crippen molar-refractivity contribution >= 4 is 6.09 Å². The van der Waals surface area contributed by atoms with Crippen molar-refractivity contribution in [3.63, 3.8) is 0 Å². The lowest BCUT2D eigenvalue weighted by atomic mass is 9.67. The number of nitrogens with one attached hydrogen (secondary N) is 1. The Morgan fingerprint density at radius 2 is 2.09 bits per heavy atom. The van der Waals surface area contributed by atoms with Crippen LogP contribution in [-0.2, 0) is 4.74 Å². The van der Waals surface area contributed by atoms with E-state index in [1.165, 1.54) is 32.2 Å². The van der Waals surface area contributed by atoms with Crippen molar-refractivity contribution in [2.75, 3.05) is 32.7 Å². The molecule has 22 heavy (non-hydrogen) atoms. The average Bonchev–Trinajstić information content (AvgIpc) is 3.06. The molecule has 3 unspecified atom stereocenters. The van der Waals surface area contributed by atoms with Gasteiger partial charge in [0.25, 0.3) is 0 Å². The topological polar surface area (TPSA) is 44.8 Å². The molecule has 5 aliphatic rings. The molecule has 0 aromatic rings. The van der Waals surface area contributed by atoms with Gasteiger partial charge in [-0.25, -0.2) is 4.79 Å². The smallest absolute Gasteiger partial charge is 0.410 e. The summed E-state index contributed by atoms with van der Waals surface area (Å²) < 4.78 is 5.65. The van der Waals surface area contributed by atoms with Crippen LogP contribution < -0.4 is 5.32 Å². The summed E-state index contributed by atoms with van der Waals surface area (Å²) in [5.41, 5.74) is 0.386. The molecule has 2 bridgehead atoms. The highest BCUT2D eigenvalue weighted by atomic mass is 16.6. The quantitative estimate of drug-likeness (QED) is 0.864. The standard InChI is InChI=1S/C17H29N3O2/c1-2-17-6-5-13(10-18-17)15(9-17)20-11-14(12-20)22-16(21)19-7-3-4-8-19/h13-15,18H,2-12H2,1H3. The van der Waals surface area contributed by atoms with E-state index in [2.05, 4.69) is 17.1 Å². The van der Waals surface area contributed by atoms with Crippen molar-refractivity contribution in [2.24, 2.45) is 5.92 Å². The summed E-state index contributed by atoms with van der Waals surface area (Å²) in [7, 11) is 0. The predicted octanol–water partition coefficient (Wildman–Crippen LogP) is 1.82. The molecule has 5 heteroatoms. The van der Waals surface area contributed by atoms with Gasteiger partial charge in [-0.15, -0.1) is 0 Å². The van der Waals surface area contributed by atoms with Gasteiger partial charge in [-0.3, -0.25) is 4.90 Å². The number of fused-ring (bicyclic) bond motifs is 3. The van der Waals surface area contributed by atoms with Crippen molar-refractivity contribution < 1.29 is 9.53 Å². The van der Waals surface area contributed by atoms with Gasteiger partial charge in [0.05, 0.1) is 0 Å². The molecule has 0 radical (unpaired) electrons. The second-order valence-corrected chi connectivity index (χ2v) is 7.74. The maximum Gasteiger partial charge on any atom is 0.410 e. The van der Waals surface area contributed by atoms with Gasteiger partial charge in [-0.2, -0.15) is 0 Å². The number of piperidine rings is 2. The number of likely N-dealkylation sites (tertiary alicyclic amines) is 2. The monoisotopic (exact) mass is 307 g/mol. The molecule has 0 spiro atoms. The van der Waals surface area contributed by atoms with E-state index < -0.39 is 0 Å². The molecule has 3 atom stereocenters. The van der Waals surface area contributed by atoms with Crippen LogP contribution in [0.2, 0.25) is 0 Å². The molecule has 5 rings (SSSR count). The summed E-state index contributed by atoms with van der Waals surface area (Å²) in [4.78, 5) is 16.5. The molecule has 4 saturated heterocycles. The van der Waals surface area contributed by atoms with Crippen molar-refractivity contribution in [3.8, 4) is 0 Å². The largest absolute Gasteiger partial charge is 0.443 e. The molecule has 1 N–H and O–H groups in total. The van der Waals surface area contributed by atoms with E-state index in [1.54, 1.807) is 0 Å². The highest BCUT2D eigenvalue weighted by Crippen LogP contribution is 2.42. The van der Waals surface area contributed by atoms with Gasteiger partial charge in [-0.05, 0) is 51.0 Å². The number of hydrogen-bond donors (Lipinski definition) is 1. The van der Waals surface area contributed by atoms with Crippen LogP contribution in [0.3, 0.4) is 0 Å². The average molecular weight is 307 g/mol. The Morgan fingerprint density at radius 3 is 2.73 bits per heavy atom. The van der Waals surface area contributed by atoms with E-state index in [-0.39, 0.29) is 12.2 Å². The fraction of sp³-hybridized carbons (Fsp3) is 0.941. The highest BCUT2D eigenvalue weighted by molar-refractivity contribution is 5.68. The molecule has 124 valence electrons. The molecular weight excluding hydrogens is 278 g/mol. The lowest BCUT2D eigenvalue weighted by Crippen LogP contribution is -2.68. The van der Waals surface area contributed by atoms with E-state index in [4.69, 9.17) is 4.74 Å². The number of rotatable bonds is 3. The van der Waals surface area contributed by atoms with Gasteiger partial charge in [0.2, 0.25) is 0 Å². The maximum atomic E-state index is 12.0. The lowest BCUT2D eigenvalue weighted by molar-refractivity contribution is -0.0860. The van der Waals surface area contributed by atoms with E-state index in [0.29, 0.717) is 11.6 Å². The number of nitrogens with zero attached hydrogens (tertiary/aromatic N) is 2. The Morgan fingerprint density at radius 1 is 1.32 bits per heavy atom. The fourth-order valence-corrected chi connectivity index (χ4v) is 4.87. The molecule has 4 aliphatic heterocycles. The van der Waals surface area contributed by atoms with Gasteiger partial charge in [0.15, 0.2) is 0 Å². The fourth-order valence-electron chi connectivity index (χ4n) is 4.87.